The highest BCUT2D eigenvalue weighted by Crippen LogP contribution is 2.37. The fourth-order valence-corrected chi connectivity index (χ4v) is 5.46. The maximum atomic E-state index is 13.4. The monoisotopic (exact) mass is 580 g/mol. The normalized spacial score (nSPS) is 14.0. The first-order chi connectivity index (χ1) is 20.6. The molecule has 224 valence electrons. The maximum Gasteiger partial charge on any atom is 0.323 e. The summed E-state index contributed by atoms with van der Waals surface area (Å²) >= 11 is 0. The molecule has 0 bridgehead atoms. The number of hydrogen-bond donors (Lipinski definition) is 2. The van der Waals surface area contributed by atoms with Crippen molar-refractivity contribution in [3.05, 3.63) is 83.7 Å². The summed E-state index contributed by atoms with van der Waals surface area (Å²) in [5.74, 6) is 0.511. The first-order valence-electron chi connectivity index (χ1n) is 14.7. The van der Waals surface area contributed by atoms with Gasteiger partial charge in [0, 0.05) is 48.8 Å². The van der Waals surface area contributed by atoms with Gasteiger partial charge in [0.25, 0.3) is 0 Å². The van der Waals surface area contributed by atoms with E-state index in [1.807, 2.05) is 48.7 Å². The Balaban J connectivity index is 1.39. The number of nitrogens with one attached hydrogen (secondary N) is 2. The Labute approximate surface area is 253 Å². The molecule has 3 aromatic carbocycles. The van der Waals surface area contributed by atoms with Gasteiger partial charge in [-0.25, -0.2) is 4.79 Å². The molecule has 0 spiro atoms. The molecule has 5 rings (SSSR count). The number of methoxy groups -OCH3 is 1. The van der Waals surface area contributed by atoms with Crippen molar-refractivity contribution in [2.24, 2.45) is 0 Å². The van der Waals surface area contributed by atoms with Crippen molar-refractivity contribution in [1.29, 1.82) is 0 Å². The predicted octanol–water partition coefficient (Wildman–Crippen LogP) is 6.82. The number of pyridine rings is 1. The lowest BCUT2D eigenvalue weighted by Crippen LogP contribution is -2.35. The van der Waals surface area contributed by atoms with Crippen molar-refractivity contribution in [3.63, 3.8) is 0 Å². The number of urea groups is 1. The van der Waals surface area contributed by atoms with E-state index in [2.05, 4.69) is 54.5 Å². The quantitative estimate of drug-likeness (QED) is 0.238. The third kappa shape index (κ3) is 7.21. The van der Waals surface area contributed by atoms with Crippen LogP contribution in [-0.2, 0) is 27.9 Å². The number of aromatic nitrogens is 1. The molecule has 0 aliphatic carbocycles. The number of carbonyl (C=O) groups is 2. The second kappa shape index (κ2) is 12.9. The molecule has 1 saturated heterocycles. The van der Waals surface area contributed by atoms with Crippen LogP contribution in [0.15, 0.2) is 66.9 Å². The maximum absolute atomic E-state index is 13.4. The Kier molecular flexibility index (Phi) is 9.08. The van der Waals surface area contributed by atoms with Crippen LogP contribution < -0.4 is 15.4 Å². The van der Waals surface area contributed by atoms with Crippen LogP contribution in [-0.4, -0.2) is 55.1 Å². The van der Waals surface area contributed by atoms with Crippen LogP contribution in [0.3, 0.4) is 0 Å². The third-order valence-corrected chi connectivity index (χ3v) is 7.72. The molecule has 43 heavy (non-hydrogen) atoms. The van der Waals surface area contributed by atoms with Gasteiger partial charge in [-0.15, -0.1) is 0 Å². The number of ketones is 1. The first kappa shape index (κ1) is 30.2. The highest BCUT2D eigenvalue weighted by Gasteiger charge is 2.22. The van der Waals surface area contributed by atoms with Crippen molar-refractivity contribution in [2.75, 3.05) is 44.0 Å². The molecule has 0 saturated carbocycles. The molecule has 4 aromatic rings. The third-order valence-electron chi connectivity index (χ3n) is 7.72. The van der Waals surface area contributed by atoms with Gasteiger partial charge in [-0.2, -0.15) is 0 Å². The second-order valence-corrected chi connectivity index (χ2v) is 12.1. The van der Waals surface area contributed by atoms with E-state index in [0.29, 0.717) is 17.1 Å². The minimum atomic E-state index is -0.398. The van der Waals surface area contributed by atoms with Crippen molar-refractivity contribution in [3.8, 4) is 16.9 Å². The van der Waals surface area contributed by atoms with Gasteiger partial charge in [0.1, 0.15) is 11.5 Å². The van der Waals surface area contributed by atoms with Gasteiger partial charge in [-0.05, 0) is 47.1 Å². The standard InChI is InChI=1S/C35H40N4O4/c1-23(40)18-25-19-26(35(2,3)4)20-32(33(25)42-5)38-34(41)37-31-13-12-28(29-8-6-7-9-30(29)31)24-10-11-27(36-21-24)22-39-14-16-43-17-15-39/h6-13,19-21H,14-18,22H2,1-5H3,(H2,37,38,41). The SMILES string of the molecule is COc1c(CC(C)=O)cc(C(C)(C)C)cc1NC(=O)Nc1ccc(-c2ccc(CN3CCOCC3)nc2)c2ccccc12. The van der Waals surface area contributed by atoms with E-state index in [1.165, 1.54) is 0 Å². The average molecular weight is 581 g/mol. The van der Waals surface area contributed by atoms with Gasteiger partial charge < -0.3 is 20.1 Å². The number of fused-ring (bicyclic) bond motifs is 1. The summed E-state index contributed by atoms with van der Waals surface area (Å²) in [4.78, 5) is 32.5. The zero-order chi connectivity index (χ0) is 30.6. The van der Waals surface area contributed by atoms with E-state index in [4.69, 9.17) is 14.5 Å². The summed E-state index contributed by atoms with van der Waals surface area (Å²) < 4.78 is 11.1. The van der Waals surface area contributed by atoms with Gasteiger partial charge in [0.15, 0.2) is 0 Å². The van der Waals surface area contributed by atoms with E-state index < -0.39 is 6.03 Å². The van der Waals surface area contributed by atoms with Crippen LogP contribution in [0.2, 0.25) is 0 Å². The van der Waals surface area contributed by atoms with Crippen molar-refractivity contribution >= 4 is 34.0 Å². The van der Waals surface area contributed by atoms with Crippen LogP contribution >= 0.6 is 0 Å². The highest BCUT2D eigenvalue weighted by molar-refractivity contribution is 6.10. The summed E-state index contributed by atoms with van der Waals surface area (Å²) in [6.45, 7) is 12.0. The molecule has 2 N–H and O–H groups in total. The molecule has 1 aliphatic heterocycles. The van der Waals surface area contributed by atoms with Crippen molar-refractivity contribution < 1.29 is 19.1 Å². The van der Waals surface area contributed by atoms with E-state index in [0.717, 1.165) is 71.6 Å². The zero-order valence-corrected chi connectivity index (χ0v) is 25.6. The summed E-state index contributed by atoms with van der Waals surface area (Å²) in [5.41, 5.74) is 5.85. The molecular formula is C35H40N4O4. The number of rotatable bonds is 8. The Hall–Kier alpha value is -4.27. The van der Waals surface area contributed by atoms with Crippen LogP contribution in [0.1, 0.15) is 44.5 Å². The van der Waals surface area contributed by atoms with E-state index >= 15 is 0 Å². The number of hydrogen-bond acceptors (Lipinski definition) is 6. The van der Waals surface area contributed by atoms with E-state index in [9.17, 15) is 9.59 Å². The Bertz CT molecular complexity index is 1620. The first-order valence-corrected chi connectivity index (χ1v) is 14.7. The Morgan fingerprint density at radius 2 is 1.67 bits per heavy atom. The van der Waals surface area contributed by atoms with Gasteiger partial charge in [-0.3, -0.25) is 14.7 Å². The average Bonchev–Trinajstić information content (AvgIpc) is 2.97. The van der Waals surface area contributed by atoms with Gasteiger partial charge in [0.2, 0.25) is 0 Å². The lowest BCUT2D eigenvalue weighted by molar-refractivity contribution is -0.116. The molecular weight excluding hydrogens is 540 g/mol. The van der Waals surface area contributed by atoms with E-state index in [-0.39, 0.29) is 17.6 Å². The lowest BCUT2D eigenvalue weighted by atomic mass is 9.85. The molecule has 0 unspecified atom stereocenters. The van der Waals surface area contributed by atoms with Crippen LogP contribution in [0.25, 0.3) is 21.9 Å². The number of anilines is 2. The molecule has 8 heteroatoms. The molecule has 0 radical (unpaired) electrons. The molecule has 1 aromatic heterocycles. The minimum Gasteiger partial charge on any atom is -0.494 e. The highest BCUT2D eigenvalue weighted by atomic mass is 16.5. The van der Waals surface area contributed by atoms with Crippen molar-refractivity contribution in [1.82, 2.24) is 9.88 Å². The number of benzene rings is 3. The summed E-state index contributed by atoms with van der Waals surface area (Å²) in [6, 6.07) is 19.6. The topological polar surface area (TPSA) is 92.8 Å². The Morgan fingerprint density at radius 1 is 0.953 bits per heavy atom. The van der Waals surface area contributed by atoms with Gasteiger partial charge in [0.05, 0.1) is 37.4 Å². The zero-order valence-electron chi connectivity index (χ0n) is 25.6. The number of amides is 2. The molecule has 2 amide bonds. The number of carbonyl (C=O) groups excluding carboxylic acids is 2. The minimum absolute atomic E-state index is 0.0215. The molecule has 0 atom stereocenters. The van der Waals surface area contributed by atoms with Crippen LogP contribution in [0, 0.1) is 0 Å². The fraction of sp³-hybridized carbons (Fsp3) is 0.343. The van der Waals surface area contributed by atoms with Crippen molar-refractivity contribution in [2.45, 2.75) is 46.1 Å². The number of ether oxygens (including phenoxy) is 2. The van der Waals surface area contributed by atoms with E-state index in [1.54, 1.807) is 14.0 Å². The smallest absolute Gasteiger partial charge is 0.323 e. The Morgan fingerprint density at radius 3 is 2.33 bits per heavy atom. The van der Waals surface area contributed by atoms with Gasteiger partial charge >= 0.3 is 6.03 Å². The molecule has 1 aliphatic rings. The predicted molar refractivity (Wildman–Crippen MR) is 172 cm³/mol. The number of Topliss-reactive ketones (excluding diaryl/α,β-unsaturated/α-hetero) is 1. The molecule has 8 nitrogen and oxygen atoms in total. The summed E-state index contributed by atoms with van der Waals surface area (Å²) in [7, 11) is 1.55. The largest absolute Gasteiger partial charge is 0.494 e. The molecule has 1 fully saturated rings. The van der Waals surface area contributed by atoms with Crippen LogP contribution in [0.5, 0.6) is 5.75 Å². The fourth-order valence-electron chi connectivity index (χ4n) is 5.46. The lowest BCUT2D eigenvalue weighted by Gasteiger charge is -2.26. The summed E-state index contributed by atoms with van der Waals surface area (Å²) in [5, 5.41) is 7.94. The second-order valence-electron chi connectivity index (χ2n) is 12.1. The van der Waals surface area contributed by atoms with Gasteiger partial charge in [-0.1, -0.05) is 63.2 Å². The number of nitrogens with zero attached hydrogens (tertiary/aromatic N) is 2. The number of morpholine rings is 1. The molecule has 2 heterocycles. The summed E-state index contributed by atoms with van der Waals surface area (Å²) in [6.07, 6.45) is 2.14. The van der Waals surface area contributed by atoms with Crippen LogP contribution in [0.4, 0.5) is 16.2 Å².